The van der Waals surface area contributed by atoms with Crippen LogP contribution in [0.15, 0.2) is 18.2 Å². The second kappa shape index (κ2) is 5.11. The molecule has 1 aromatic carbocycles. The molecule has 0 radical (unpaired) electrons. The molecule has 19 heavy (non-hydrogen) atoms. The number of hydrogen-bond acceptors (Lipinski definition) is 3. The lowest BCUT2D eigenvalue weighted by Crippen LogP contribution is -2.48. The molecule has 1 aliphatic rings. The normalized spacial score (nSPS) is 27.3. The Hall–Kier alpha value is -1.71. The van der Waals surface area contributed by atoms with Crippen LogP contribution in [0.2, 0.25) is 0 Å². The molecule has 1 saturated heterocycles. The maximum atomic E-state index is 12.5. The predicted molar refractivity (Wildman–Crippen MR) is 76.0 cm³/mol. The molecule has 1 aromatic rings. The number of nitrogen functional groups attached to an aromatic ring is 1. The van der Waals surface area contributed by atoms with E-state index in [9.17, 15) is 9.90 Å². The largest absolute Gasteiger partial charge is 0.506 e. The predicted octanol–water partition coefficient (Wildman–Crippen LogP) is 2.48. The van der Waals surface area contributed by atoms with Crippen molar-refractivity contribution in [3.63, 3.8) is 0 Å². The molecule has 2 rings (SSSR count). The molecule has 4 nitrogen and oxygen atoms in total. The molecule has 3 atom stereocenters. The highest BCUT2D eigenvalue weighted by Gasteiger charge is 2.32. The molecule has 3 N–H and O–H groups in total. The molecule has 104 valence electrons. The van der Waals surface area contributed by atoms with Gasteiger partial charge in [-0.2, -0.15) is 0 Å². The maximum absolute atomic E-state index is 12.5. The summed E-state index contributed by atoms with van der Waals surface area (Å²) in [5, 5.41) is 9.62. The number of piperidine rings is 1. The van der Waals surface area contributed by atoms with Crippen LogP contribution in [0.4, 0.5) is 5.69 Å². The van der Waals surface area contributed by atoms with Gasteiger partial charge in [0.1, 0.15) is 5.75 Å². The van der Waals surface area contributed by atoms with Crippen LogP contribution in [0, 0.1) is 11.8 Å². The molecule has 1 amide bonds. The fourth-order valence-electron chi connectivity index (χ4n) is 2.83. The first kappa shape index (κ1) is 13.7. The summed E-state index contributed by atoms with van der Waals surface area (Å²) in [5.41, 5.74) is 6.36. The Morgan fingerprint density at radius 3 is 2.68 bits per heavy atom. The summed E-state index contributed by atoms with van der Waals surface area (Å²) >= 11 is 0. The summed E-state index contributed by atoms with van der Waals surface area (Å²) in [5.74, 6) is 0.949. The first-order valence-electron chi connectivity index (χ1n) is 6.79. The molecule has 0 bridgehead atoms. The highest BCUT2D eigenvalue weighted by Crippen LogP contribution is 2.29. The van der Waals surface area contributed by atoms with Crippen molar-refractivity contribution in [2.75, 3.05) is 12.3 Å². The number of carbonyl (C=O) groups excluding carboxylic acids is 1. The average molecular weight is 262 g/mol. The number of phenolic OH excluding ortho intramolecular Hbond substituents is 1. The smallest absolute Gasteiger partial charge is 0.254 e. The van der Waals surface area contributed by atoms with Crippen molar-refractivity contribution in [3.05, 3.63) is 23.8 Å². The van der Waals surface area contributed by atoms with E-state index in [2.05, 4.69) is 20.8 Å². The van der Waals surface area contributed by atoms with Crippen molar-refractivity contribution < 1.29 is 9.90 Å². The summed E-state index contributed by atoms with van der Waals surface area (Å²) in [4.78, 5) is 14.4. The molecule has 1 fully saturated rings. The standard InChI is InChI=1S/C15H22N2O2/c1-9-6-10(2)11(3)17(8-9)15(19)12-4-5-13(16)14(18)7-12/h4-5,7,9-11,18H,6,8,16H2,1-3H3. The molecule has 0 spiro atoms. The number of phenols is 1. The van der Waals surface area contributed by atoms with Gasteiger partial charge in [0.2, 0.25) is 0 Å². The van der Waals surface area contributed by atoms with E-state index in [4.69, 9.17) is 5.73 Å². The van der Waals surface area contributed by atoms with E-state index in [1.807, 2.05) is 4.90 Å². The van der Waals surface area contributed by atoms with Gasteiger partial charge in [-0.25, -0.2) is 0 Å². The zero-order chi connectivity index (χ0) is 14.2. The number of nitrogens with zero attached hydrogens (tertiary/aromatic N) is 1. The van der Waals surface area contributed by atoms with Gasteiger partial charge in [0.05, 0.1) is 5.69 Å². The third-order valence-electron chi connectivity index (χ3n) is 4.14. The first-order valence-corrected chi connectivity index (χ1v) is 6.79. The van der Waals surface area contributed by atoms with Gasteiger partial charge in [0.15, 0.2) is 0 Å². The number of amides is 1. The third-order valence-corrected chi connectivity index (χ3v) is 4.14. The van der Waals surface area contributed by atoms with Crippen LogP contribution in [-0.2, 0) is 0 Å². The van der Waals surface area contributed by atoms with E-state index >= 15 is 0 Å². The Kier molecular flexibility index (Phi) is 3.69. The highest BCUT2D eigenvalue weighted by molar-refractivity contribution is 5.95. The number of likely N-dealkylation sites (tertiary alicyclic amines) is 1. The lowest BCUT2D eigenvalue weighted by Gasteiger charge is -2.41. The van der Waals surface area contributed by atoms with E-state index in [1.165, 1.54) is 6.07 Å². The number of nitrogens with two attached hydrogens (primary N) is 1. The van der Waals surface area contributed by atoms with Crippen LogP contribution < -0.4 is 5.73 Å². The van der Waals surface area contributed by atoms with E-state index in [0.29, 0.717) is 23.1 Å². The fraction of sp³-hybridized carbons (Fsp3) is 0.533. The Morgan fingerprint density at radius 2 is 2.05 bits per heavy atom. The van der Waals surface area contributed by atoms with Gasteiger partial charge < -0.3 is 15.7 Å². The topological polar surface area (TPSA) is 66.6 Å². The molecule has 0 saturated carbocycles. The van der Waals surface area contributed by atoms with Crippen molar-refractivity contribution in [2.45, 2.75) is 33.2 Å². The van der Waals surface area contributed by atoms with Gasteiger partial charge in [0, 0.05) is 18.2 Å². The monoisotopic (exact) mass is 262 g/mol. The molecule has 1 heterocycles. The number of benzene rings is 1. The number of carbonyl (C=O) groups is 1. The minimum Gasteiger partial charge on any atom is -0.506 e. The molecular weight excluding hydrogens is 240 g/mol. The number of hydrogen-bond donors (Lipinski definition) is 2. The minimum absolute atomic E-state index is 0.0267. The van der Waals surface area contributed by atoms with Gasteiger partial charge >= 0.3 is 0 Å². The van der Waals surface area contributed by atoms with Gasteiger partial charge in [-0.05, 0) is 43.4 Å². The van der Waals surface area contributed by atoms with Gasteiger partial charge in [-0.15, -0.1) is 0 Å². The van der Waals surface area contributed by atoms with Crippen LogP contribution in [0.1, 0.15) is 37.6 Å². The van der Waals surface area contributed by atoms with Crippen molar-refractivity contribution in [3.8, 4) is 5.75 Å². The van der Waals surface area contributed by atoms with E-state index in [0.717, 1.165) is 13.0 Å². The molecular formula is C15H22N2O2. The SMILES string of the molecule is CC1CC(C)C(C)N(C(=O)c2ccc(N)c(O)c2)C1. The van der Waals surface area contributed by atoms with E-state index in [1.54, 1.807) is 12.1 Å². The summed E-state index contributed by atoms with van der Waals surface area (Å²) in [6.45, 7) is 7.21. The third kappa shape index (κ3) is 2.67. The molecule has 1 aliphatic heterocycles. The van der Waals surface area contributed by atoms with Crippen LogP contribution in [-0.4, -0.2) is 28.5 Å². The number of rotatable bonds is 1. The zero-order valence-electron chi connectivity index (χ0n) is 11.8. The minimum atomic E-state index is -0.0309. The van der Waals surface area contributed by atoms with Crippen molar-refractivity contribution in [1.82, 2.24) is 4.90 Å². The van der Waals surface area contributed by atoms with Crippen molar-refractivity contribution in [1.29, 1.82) is 0 Å². The van der Waals surface area contributed by atoms with Crippen LogP contribution in [0.25, 0.3) is 0 Å². The van der Waals surface area contributed by atoms with Gasteiger partial charge in [-0.3, -0.25) is 4.79 Å². The maximum Gasteiger partial charge on any atom is 0.254 e. The molecule has 0 aliphatic carbocycles. The number of anilines is 1. The Bertz CT molecular complexity index is 487. The second-order valence-corrected chi connectivity index (χ2v) is 5.79. The quantitative estimate of drug-likeness (QED) is 0.603. The summed E-state index contributed by atoms with van der Waals surface area (Å²) < 4.78 is 0. The van der Waals surface area contributed by atoms with Crippen LogP contribution in [0.5, 0.6) is 5.75 Å². The van der Waals surface area contributed by atoms with E-state index in [-0.39, 0.29) is 17.7 Å². The molecule has 0 aromatic heterocycles. The highest BCUT2D eigenvalue weighted by atomic mass is 16.3. The van der Waals surface area contributed by atoms with E-state index < -0.39 is 0 Å². The lowest BCUT2D eigenvalue weighted by atomic mass is 9.85. The fourth-order valence-corrected chi connectivity index (χ4v) is 2.83. The first-order chi connectivity index (χ1) is 8.90. The summed E-state index contributed by atoms with van der Waals surface area (Å²) in [7, 11) is 0. The molecule has 4 heteroatoms. The van der Waals surface area contributed by atoms with Gasteiger partial charge in [-0.1, -0.05) is 13.8 Å². The average Bonchev–Trinajstić information content (AvgIpc) is 2.36. The Morgan fingerprint density at radius 1 is 1.37 bits per heavy atom. The number of aromatic hydroxyl groups is 1. The zero-order valence-corrected chi connectivity index (χ0v) is 11.8. The van der Waals surface area contributed by atoms with Gasteiger partial charge in [0.25, 0.3) is 5.91 Å². The van der Waals surface area contributed by atoms with Crippen LogP contribution in [0.3, 0.4) is 0 Å². The summed E-state index contributed by atoms with van der Waals surface area (Å²) in [6.07, 6.45) is 1.15. The Labute approximate surface area is 114 Å². The Balaban J connectivity index is 2.24. The summed E-state index contributed by atoms with van der Waals surface area (Å²) in [6, 6.07) is 4.93. The van der Waals surface area contributed by atoms with Crippen molar-refractivity contribution >= 4 is 11.6 Å². The van der Waals surface area contributed by atoms with Crippen molar-refractivity contribution in [2.24, 2.45) is 11.8 Å². The second-order valence-electron chi connectivity index (χ2n) is 5.79. The lowest BCUT2D eigenvalue weighted by molar-refractivity contribution is 0.0455. The molecule has 3 unspecified atom stereocenters. The van der Waals surface area contributed by atoms with Crippen LogP contribution >= 0.6 is 0 Å².